The quantitative estimate of drug-likeness (QED) is 0.692. The van der Waals surface area contributed by atoms with Gasteiger partial charge in [0, 0.05) is 40.8 Å². The molecule has 0 bridgehead atoms. The molecule has 0 aliphatic rings. The van der Waals surface area contributed by atoms with E-state index in [0.717, 1.165) is 19.3 Å². The van der Waals surface area contributed by atoms with Gasteiger partial charge < -0.3 is 5.11 Å². The summed E-state index contributed by atoms with van der Waals surface area (Å²) in [6.07, 6.45) is 7.67. The van der Waals surface area contributed by atoms with Crippen molar-refractivity contribution in [1.82, 2.24) is 0 Å². The van der Waals surface area contributed by atoms with Crippen molar-refractivity contribution in [1.29, 1.82) is 0 Å². The monoisotopic (exact) mass is 328 g/mol. The average Bonchev–Trinajstić information content (AvgIpc) is 2.10. The smallest absolute Gasteiger partial charge is 0.306 e. The number of carboxylic acid groups (broad SMARTS) is 1. The van der Waals surface area contributed by atoms with Crippen molar-refractivity contribution < 1.29 is 50.7 Å². The topological polar surface area (TPSA) is 37.3 Å². The van der Waals surface area contributed by atoms with E-state index in [9.17, 15) is 4.79 Å². The Morgan fingerprint density at radius 2 is 1.71 bits per heavy atom. The molecule has 82 valence electrons. The standard InChI is InChI=1S/C11H22O2.Nd/c1-3-5-6-7-8-9-10(4-2)11(12)13;/h10H,3-9H2,1-2H3,(H,12,13);. The third-order valence-corrected chi connectivity index (χ3v) is 2.50. The zero-order chi connectivity index (χ0) is 10.1. The fourth-order valence-electron chi connectivity index (χ4n) is 1.50. The van der Waals surface area contributed by atoms with Gasteiger partial charge in [-0.2, -0.15) is 0 Å². The minimum absolute atomic E-state index is 0. The van der Waals surface area contributed by atoms with Gasteiger partial charge in [0.25, 0.3) is 0 Å². The second-order valence-corrected chi connectivity index (χ2v) is 3.65. The number of rotatable bonds is 8. The SMILES string of the molecule is CCCCCCCC(CC)C(=O)O.[Nd]. The van der Waals surface area contributed by atoms with Gasteiger partial charge in [0.2, 0.25) is 0 Å². The second kappa shape index (κ2) is 11.9. The van der Waals surface area contributed by atoms with Crippen LogP contribution in [0.1, 0.15) is 58.8 Å². The first-order valence-electron chi connectivity index (χ1n) is 5.45. The molecule has 1 unspecified atom stereocenters. The summed E-state index contributed by atoms with van der Waals surface area (Å²) in [7, 11) is 0. The summed E-state index contributed by atoms with van der Waals surface area (Å²) in [4.78, 5) is 10.7. The van der Waals surface area contributed by atoms with Crippen molar-refractivity contribution in [2.24, 2.45) is 5.92 Å². The minimum Gasteiger partial charge on any atom is -0.481 e. The van der Waals surface area contributed by atoms with Gasteiger partial charge in [0.15, 0.2) is 0 Å². The van der Waals surface area contributed by atoms with Crippen molar-refractivity contribution in [2.45, 2.75) is 58.8 Å². The molecule has 14 heavy (non-hydrogen) atoms. The summed E-state index contributed by atoms with van der Waals surface area (Å²) < 4.78 is 0. The van der Waals surface area contributed by atoms with Crippen LogP contribution in [0, 0.1) is 46.8 Å². The largest absolute Gasteiger partial charge is 0.481 e. The van der Waals surface area contributed by atoms with Crippen molar-refractivity contribution in [3.8, 4) is 0 Å². The molecule has 0 rings (SSSR count). The number of carbonyl (C=O) groups is 1. The molecule has 0 fully saturated rings. The predicted octanol–water partition coefficient (Wildman–Crippen LogP) is 3.46. The van der Waals surface area contributed by atoms with Crippen molar-refractivity contribution in [3.63, 3.8) is 0 Å². The van der Waals surface area contributed by atoms with Crippen LogP contribution in [0.2, 0.25) is 0 Å². The zero-order valence-corrected chi connectivity index (χ0v) is 12.6. The van der Waals surface area contributed by atoms with Crippen molar-refractivity contribution >= 4 is 5.97 Å². The summed E-state index contributed by atoms with van der Waals surface area (Å²) >= 11 is 0. The summed E-state index contributed by atoms with van der Waals surface area (Å²) in [6.45, 7) is 4.14. The van der Waals surface area contributed by atoms with E-state index in [1.807, 2.05) is 6.92 Å². The van der Waals surface area contributed by atoms with Crippen LogP contribution in [-0.4, -0.2) is 11.1 Å². The Morgan fingerprint density at radius 1 is 1.14 bits per heavy atom. The Kier molecular flexibility index (Phi) is 14.6. The number of carboxylic acids is 1. The molecular formula is C11H22NdO2. The Balaban J connectivity index is 0. The Bertz CT molecular complexity index is 137. The third-order valence-electron chi connectivity index (χ3n) is 2.50. The zero-order valence-electron chi connectivity index (χ0n) is 9.38. The number of aliphatic carboxylic acids is 1. The van der Waals surface area contributed by atoms with Gasteiger partial charge in [-0.15, -0.1) is 0 Å². The number of hydrogen-bond donors (Lipinski definition) is 1. The van der Waals surface area contributed by atoms with Crippen LogP contribution in [0.15, 0.2) is 0 Å². The van der Waals surface area contributed by atoms with Gasteiger partial charge >= 0.3 is 5.97 Å². The van der Waals surface area contributed by atoms with Gasteiger partial charge in [0.1, 0.15) is 0 Å². The van der Waals surface area contributed by atoms with Crippen LogP contribution >= 0.6 is 0 Å². The first-order chi connectivity index (χ1) is 6.22. The second-order valence-electron chi connectivity index (χ2n) is 3.65. The fraction of sp³-hybridized carbons (Fsp3) is 0.909. The van der Waals surface area contributed by atoms with Crippen LogP contribution in [0.25, 0.3) is 0 Å². The summed E-state index contributed by atoms with van der Waals surface area (Å²) in [5, 5.41) is 8.78. The molecule has 0 saturated carbocycles. The molecule has 1 N–H and O–H groups in total. The molecule has 0 heterocycles. The molecule has 1 atom stereocenters. The Morgan fingerprint density at radius 3 is 2.14 bits per heavy atom. The molecule has 3 heteroatoms. The maximum absolute atomic E-state index is 10.7. The maximum atomic E-state index is 10.7. The molecule has 0 aliphatic carbocycles. The van der Waals surface area contributed by atoms with E-state index in [0.29, 0.717) is 0 Å². The summed E-state index contributed by atoms with van der Waals surface area (Å²) in [5.41, 5.74) is 0. The molecule has 0 radical (unpaired) electrons. The predicted molar refractivity (Wildman–Crippen MR) is 54.8 cm³/mol. The molecular weight excluding hydrogens is 308 g/mol. The van der Waals surface area contributed by atoms with Gasteiger partial charge in [-0.05, 0) is 12.8 Å². The Hall–Kier alpha value is 0.821. The van der Waals surface area contributed by atoms with Crippen LogP contribution in [-0.2, 0) is 4.79 Å². The first kappa shape index (κ1) is 17.2. The normalized spacial score (nSPS) is 11.9. The molecule has 0 spiro atoms. The summed E-state index contributed by atoms with van der Waals surface area (Å²) in [5.74, 6) is -0.736. The summed E-state index contributed by atoms with van der Waals surface area (Å²) in [6, 6.07) is 0. The van der Waals surface area contributed by atoms with Gasteiger partial charge in [-0.25, -0.2) is 0 Å². The van der Waals surface area contributed by atoms with Crippen LogP contribution in [0.5, 0.6) is 0 Å². The van der Waals surface area contributed by atoms with Crippen molar-refractivity contribution in [3.05, 3.63) is 0 Å². The molecule has 0 saturated heterocycles. The minimum atomic E-state index is -0.627. The van der Waals surface area contributed by atoms with E-state index in [1.54, 1.807) is 0 Å². The molecule has 0 aromatic rings. The van der Waals surface area contributed by atoms with E-state index >= 15 is 0 Å². The van der Waals surface area contributed by atoms with Gasteiger partial charge in [-0.1, -0.05) is 46.0 Å². The van der Waals surface area contributed by atoms with E-state index < -0.39 is 5.97 Å². The van der Waals surface area contributed by atoms with Crippen LogP contribution in [0.4, 0.5) is 0 Å². The number of unbranched alkanes of at least 4 members (excludes halogenated alkanes) is 4. The van der Waals surface area contributed by atoms with Gasteiger partial charge in [-0.3, -0.25) is 4.79 Å². The molecule has 0 amide bonds. The van der Waals surface area contributed by atoms with E-state index in [-0.39, 0.29) is 46.8 Å². The van der Waals surface area contributed by atoms with E-state index in [4.69, 9.17) is 5.11 Å². The van der Waals surface area contributed by atoms with E-state index in [2.05, 4.69) is 6.92 Å². The fourth-order valence-corrected chi connectivity index (χ4v) is 1.50. The molecule has 0 aromatic carbocycles. The average molecular weight is 331 g/mol. The third kappa shape index (κ3) is 9.38. The maximum Gasteiger partial charge on any atom is 0.306 e. The Labute approximate surface area is 120 Å². The molecule has 2 nitrogen and oxygen atoms in total. The van der Waals surface area contributed by atoms with Crippen LogP contribution in [0.3, 0.4) is 0 Å². The van der Waals surface area contributed by atoms with E-state index in [1.165, 1.54) is 25.7 Å². The molecule has 0 aliphatic heterocycles. The molecule has 0 aromatic heterocycles. The first-order valence-corrected chi connectivity index (χ1v) is 5.45. The number of hydrogen-bond acceptors (Lipinski definition) is 1. The van der Waals surface area contributed by atoms with Gasteiger partial charge in [0.05, 0.1) is 5.92 Å². The van der Waals surface area contributed by atoms with Crippen LogP contribution < -0.4 is 0 Å². The van der Waals surface area contributed by atoms with Crippen molar-refractivity contribution in [2.75, 3.05) is 0 Å².